The lowest BCUT2D eigenvalue weighted by Gasteiger charge is -2.12. The molecule has 0 spiro atoms. The van der Waals surface area contributed by atoms with E-state index in [0.29, 0.717) is 34.1 Å². The minimum absolute atomic E-state index is 0.309. The van der Waals surface area contributed by atoms with Crippen molar-refractivity contribution >= 4 is 23.1 Å². The van der Waals surface area contributed by atoms with E-state index < -0.39 is 0 Å². The maximum absolute atomic E-state index is 12.4. The van der Waals surface area contributed by atoms with Crippen LogP contribution in [0.5, 0.6) is 11.5 Å². The lowest BCUT2D eigenvalue weighted by atomic mass is 10.2. The third kappa shape index (κ3) is 4.37. The van der Waals surface area contributed by atoms with Crippen LogP contribution in [0, 0.1) is 11.3 Å². The van der Waals surface area contributed by atoms with Gasteiger partial charge in [-0.05, 0) is 42.5 Å². The number of nitrogens with one attached hydrogen (secondary N) is 2. The number of hydrogen-bond donors (Lipinski definition) is 2. The van der Waals surface area contributed by atoms with Gasteiger partial charge in [0.15, 0.2) is 0 Å². The van der Waals surface area contributed by atoms with Crippen LogP contribution in [0.2, 0.25) is 0 Å². The topological polar surface area (TPSA) is 96.3 Å². The number of rotatable bonds is 6. The van der Waals surface area contributed by atoms with Gasteiger partial charge in [-0.1, -0.05) is 6.07 Å². The van der Waals surface area contributed by atoms with Gasteiger partial charge >= 0.3 is 0 Å². The molecule has 0 radical (unpaired) electrons. The quantitative estimate of drug-likeness (QED) is 0.678. The van der Waals surface area contributed by atoms with Crippen LogP contribution in [0.15, 0.2) is 60.8 Å². The maximum atomic E-state index is 12.4. The molecule has 0 aliphatic heterocycles. The number of nitrogens with zero attached hydrogens (tertiary/aromatic N) is 2. The standard InChI is InChI=1S/C21H18N4O3/c1-27-17-7-8-18(19(11-17)28-2)25-20-9-6-15(13-23-20)21(26)24-16-5-3-4-14(10-16)12-22/h3-11,13H,1-2H3,(H,23,25)(H,24,26). The SMILES string of the molecule is COc1ccc(Nc2ccc(C(=O)Nc3cccc(C#N)c3)cn2)c(OC)c1. The average Bonchev–Trinajstić information content (AvgIpc) is 2.74. The second-order valence-electron chi connectivity index (χ2n) is 5.77. The fourth-order valence-electron chi connectivity index (χ4n) is 2.51. The number of ether oxygens (including phenoxy) is 2. The number of methoxy groups -OCH3 is 2. The number of hydrogen-bond acceptors (Lipinski definition) is 6. The molecule has 0 aliphatic rings. The number of aromatic nitrogens is 1. The lowest BCUT2D eigenvalue weighted by Crippen LogP contribution is -2.12. The first-order valence-corrected chi connectivity index (χ1v) is 8.39. The summed E-state index contributed by atoms with van der Waals surface area (Å²) in [5.41, 5.74) is 2.15. The van der Waals surface area contributed by atoms with E-state index in [9.17, 15) is 4.79 Å². The van der Waals surface area contributed by atoms with E-state index in [0.717, 1.165) is 5.69 Å². The highest BCUT2D eigenvalue weighted by atomic mass is 16.5. The van der Waals surface area contributed by atoms with Gasteiger partial charge in [-0.25, -0.2) is 4.98 Å². The molecular formula is C21H18N4O3. The van der Waals surface area contributed by atoms with Gasteiger partial charge in [0.1, 0.15) is 17.3 Å². The monoisotopic (exact) mass is 374 g/mol. The van der Waals surface area contributed by atoms with Crippen molar-refractivity contribution in [2.75, 3.05) is 24.9 Å². The molecule has 140 valence electrons. The molecule has 7 heteroatoms. The van der Waals surface area contributed by atoms with Crippen molar-refractivity contribution in [1.29, 1.82) is 5.26 Å². The van der Waals surface area contributed by atoms with Gasteiger partial charge in [-0.2, -0.15) is 5.26 Å². The second kappa shape index (κ2) is 8.56. The smallest absolute Gasteiger partial charge is 0.257 e. The van der Waals surface area contributed by atoms with Crippen LogP contribution in [0.4, 0.5) is 17.2 Å². The fourth-order valence-corrected chi connectivity index (χ4v) is 2.51. The fraction of sp³-hybridized carbons (Fsp3) is 0.0952. The van der Waals surface area contributed by atoms with Crippen LogP contribution in [0.25, 0.3) is 0 Å². The maximum Gasteiger partial charge on any atom is 0.257 e. The molecule has 0 aliphatic carbocycles. The van der Waals surface area contributed by atoms with Gasteiger partial charge in [-0.15, -0.1) is 0 Å². The van der Waals surface area contributed by atoms with Gasteiger partial charge in [-0.3, -0.25) is 4.79 Å². The number of carbonyl (C=O) groups is 1. The zero-order chi connectivity index (χ0) is 19.9. The Kier molecular flexibility index (Phi) is 5.72. The van der Waals surface area contributed by atoms with Gasteiger partial charge in [0.05, 0.1) is 37.1 Å². The summed E-state index contributed by atoms with van der Waals surface area (Å²) in [6, 6.07) is 17.5. The molecule has 0 saturated heterocycles. The Morgan fingerprint density at radius 2 is 1.93 bits per heavy atom. The first-order valence-electron chi connectivity index (χ1n) is 8.39. The highest BCUT2D eigenvalue weighted by molar-refractivity contribution is 6.04. The van der Waals surface area contributed by atoms with E-state index in [4.69, 9.17) is 14.7 Å². The first kappa shape index (κ1) is 18.7. The van der Waals surface area contributed by atoms with E-state index >= 15 is 0 Å². The first-order chi connectivity index (χ1) is 13.6. The highest BCUT2D eigenvalue weighted by Crippen LogP contribution is 2.31. The molecular weight excluding hydrogens is 356 g/mol. The minimum Gasteiger partial charge on any atom is -0.497 e. The molecule has 3 rings (SSSR count). The number of nitriles is 1. The van der Waals surface area contributed by atoms with E-state index in [1.54, 1.807) is 56.7 Å². The molecule has 1 aromatic heterocycles. The van der Waals surface area contributed by atoms with Crippen LogP contribution in [0.3, 0.4) is 0 Å². The van der Waals surface area contributed by atoms with Gasteiger partial charge in [0.25, 0.3) is 5.91 Å². The van der Waals surface area contributed by atoms with Crippen LogP contribution in [-0.2, 0) is 0 Å². The zero-order valence-corrected chi connectivity index (χ0v) is 15.4. The van der Waals surface area contributed by atoms with Crippen LogP contribution in [-0.4, -0.2) is 25.1 Å². The summed E-state index contributed by atoms with van der Waals surface area (Å²) in [4.78, 5) is 16.6. The van der Waals surface area contributed by atoms with E-state index in [1.165, 1.54) is 6.20 Å². The van der Waals surface area contributed by atoms with E-state index in [1.807, 2.05) is 18.2 Å². The predicted octanol–water partition coefficient (Wildman–Crippen LogP) is 3.97. The number of anilines is 3. The Hall–Kier alpha value is -4.05. The second-order valence-corrected chi connectivity index (χ2v) is 5.77. The molecule has 0 fully saturated rings. The normalized spacial score (nSPS) is 9.89. The third-order valence-corrected chi connectivity index (χ3v) is 3.95. The van der Waals surface area contributed by atoms with Crippen molar-refractivity contribution in [1.82, 2.24) is 4.98 Å². The third-order valence-electron chi connectivity index (χ3n) is 3.95. The van der Waals surface area contributed by atoms with E-state index in [2.05, 4.69) is 15.6 Å². The molecule has 7 nitrogen and oxygen atoms in total. The molecule has 0 bridgehead atoms. The molecule has 2 aromatic carbocycles. The molecule has 1 heterocycles. The Morgan fingerprint density at radius 1 is 1.07 bits per heavy atom. The van der Waals surface area contributed by atoms with Crippen molar-refractivity contribution in [3.8, 4) is 17.6 Å². The Morgan fingerprint density at radius 3 is 2.61 bits per heavy atom. The number of pyridine rings is 1. The molecule has 3 aromatic rings. The lowest BCUT2D eigenvalue weighted by molar-refractivity contribution is 0.102. The van der Waals surface area contributed by atoms with Crippen LogP contribution >= 0.6 is 0 Å². The van der Waals surface area contributed by atoms with Gasteiger partial charge in [0, 0.05) is 18.0 Å². The van der Waals surface area contributed by atoms with Gasteiger partial charge in [0.2, 0.25) is 0 Å². The molecule has 0 atom stereocenters. The average molecular weight is 374 g/mol. The van der Waals surface area contributed by atoms with Gasteiger partial charge < -0.3 is 20.1 Å². The zero-order valence-electron chi connectivity index (χ0n) is 15.4. The van der Waals surface area contributed by atoms with Crippen LogP contribution < -0.4 is 20.1 Å². The summed E-state index contributed by atoms with van der Waals surface area (Å²) in [5.74, 6) is 1.55. The summed E-state index contributed by atoms with van der Waals surface area (Å²) in [6.07, 6.45) is 1.47. The summed E-state index contributed by atoms with van der Waals surface area (Å²) < 4.78 is 10.5. The molecule has 28 heavy (non-hydrogen) atoms. The van der Waals surface area contributed by atoms with Crippen LogP contribution in [0.1, 0.15) is 15.9 Å². The Labute approximate surface area is 162 Å². The summed E-state index contributed by atoms with van der Waals surface area (Å²) in [7, 11) is 3.16. The summed E-state index contributed by atoms with van der Waals surface area (Å²) >= 11 is 0. The van der Waals surface area contributed by atoms with Crippen molar-refractivity contribution in [3.05, 3.63) is 71.9 Å². The highest BCUT2D eigenvalue weighted by Gasteiger charge is 2.09. The number of amides is 1. The van der Waals surface area contributed by atoms with Crippen molar-refractivity contribution in [2.24, 2.45) is 0 Å². The van der Waals surface area contributed by atoms with Crippen molar-refractivity contribution in [2.45, 2.75) is 0 Å². The summed E-state index contributed by atoms with van der Waals surface area (Å²) in [5, 5.41) is 14.8. The van der Waals surface area contributed by atoms with Crippen molar-refractivity contribution < 1.29 is 14.3 Å². The summed E-state index contributed by atoms with van der Waals surface area (Å²) in [6.45, 7) is 0. The van der Waals surface area contributed by atoms with Crippen molar-refractivity contribution in [3.63, 3.8) is 0 Å². The van der Waals surface area contributed by atoms with E-state index in [-0.39, 0.29) is 5.91 Å². The molecule has 0 saturated carbocycles. The largest absolute Gasteiger partial charge is 0.497 e. The number of carbonyl (C=O) groups excluding carboxylic acids is 1. The molecule has 0 unspecified atom stereocenters. The Bertz CT molecular complexity index is 1030. The predicted molar refractivity (Wildman–Crippen MR) is 106 cm³/mol. The molecule has 2 N–H and O–H groups in total. The molecule has 1 amide bonds. The Balaban J connectivity index is 1.71. The number of benzene rings is 2. The minimum atomic E-state index is -0.309.